The van der Waals surface area contributed by atoms with Gasteiger partial charge >= 0.3 is 0 Å². The summed E-state index contributed by atoms with van der Waals surface area (Å²) in [5.74, 6) is -0.247. The van der Waals surface area contributed by atoms with Crippen LogP contribution in [0.3, 0.4) is 0 Å². The maximum atomic E-state index is 12.2. The molecule has 0 aliphatic carbocycles. The van der Waals surface area contributed by atoms with Crippen molar-refractivity contribution >= 4 is 22.5 Å². The van der Waals surface area contributed by atoms with Gasteiger partial charge in [-0.15, -0.1) is 0 Å². The van der Waals surface area contributed by atoms with Crippen molar-refractivity contribution in [2.75, 3.05) is 5.32 Å². The van der Waals surface area contributed by atoms with Crippen LogP contribution in [0, 0.1) is 11.3 Å². The maximum absolute atomic E-state index is 12.2. The molecule has 100 valence electrons. The molecule has 0 unspecified atom stereocenters. The Morgan fingerprint density at radius 2 is 1.95 bits per heavy atom. The lowest BCUT2D eigenvalue weighted by Crippen LogP contribution is -2.12. The Balaban J connectivity index is 1.88. The number of amides is 1. The van der Waals surface area contributed by atoms with Crippen LogP contribution in [0.15, 0.2) is 60.8 Å². The van der Waals surface area contributed by atoms with Crippen LogP contribution in [0.2, 0.25) is 0 Å². The Morgan fingerprint density at radius 3 is 2.81 bits per heavy atom. The fourth-order valence-corrected chi connectivity index (χ4v) is 2.06. The number of aromatic nitrogens is 1. The van der Waals surface area contributed by atoms with Gasteiger partial charge in [-0.1, -0.05) is 24.3 Å². The molecule has 4 nitrogen and oxygen atoms in total. The number of pyridine rings is 1. The summed E-state index contributed by atoms with van der Waals surface area (Å²) in [4.78, 5) is 16.5. The largest absolute Gasteiger partial charge is 0.322 e. The number of benzene rings is 2. The van der Waals surface area contributed by atoms with Crippen LogP contribution in [0.25, 0.3) is 10.9 Å². The highest BCUT2D eigenvalue weighted by atomic mass is 16.1. The van der Waals surface area contributed by atoms with Gasteiger partial charge in [-0.3, -0.25) is 9.78 Å². The number of rotatable bonds is 2. The van der Waals surface area contributed by atoms with Crippen molar-refractivity contribution in [3.8, 4) is 6.07 Å². The monoisotopic (exact) mass is 273 g/mol. The number of fused-ring (bicyclic) bond motifs is 1. The summed E-state index contributed by atoms with van der Waals surface area (Å²) >= 11 is 0. The summed E-state index contributed by atoms with van der Waals surface area (Å²) in [6.45, 7) is 0. The molecule has 0 aliphatic heterocycles. The van der Waals surface area contributed by atoms with E-state index >= 15 is 0 Å². The number of hydrogen-bond donors (Lipinski definition) is 1. The highest BCUT2D eigenvalue weighted by Gasteiger charge is 2.08. The van der Waals surface area contributed by atoms with E-state index in [1.165, 1.54) is 0 Å². The summed E-state index contributed by atoms with van der Waals surface area (Å²) in [6.07, 6.45) is 1.55. The summed E-state index contributed by atoms with van der Waals surface area (Å²) in [5, 5.41) is 12.5. The van der Waals surface area contributed by atoms with E-state index in [1.54, 1.807) is 36.5 Å². The first-order valence-corrected chi connectivity index (χ1v) is 6.42. The molecule has 4 heteroatoms. The van der Waals surface area contributed by atoms with Crippen LogP contribution < -0.4 is 5.32 Å². The second-order valence-corrected chi connectivity index (χ2v) is 4.56. The molecule has 0 saturated carbocycles. The summed E-state index contributed by atoms with van der Waals surface area (Å²) in [7, 11) is 0. The van der Waals surface area contributed by atoms with E-state index in [4.69, 9.17) is 5.26 Å². The van der Waals surface area contributed by atoms with Gasteiger partial charge in [0.15, 0.2) is 0 Å². The molecule has 1 heterocycles. The SMILES string of the molecule is N#Cc1cccc(NC(=O)c2cnc3ccccc3c2)c1. The predicted molar refractivity (Wildman–Crippen MR) is 80.9 cm³/mol. The number of nitriles is 1. The quantitative estimate of drug-likeness (QED) is 0.778. The van der Waals surface area contributed by atoms with Gasteiger partial charge in [0, 0.05) is 17.3 Å². The minimum Gasteiger partial charge on any atom is -0.322 e. The lowest BCUT2D eigenvalue weighted by Gasteiger charge is -2.06. The average molecular weight is 273 g/mol. The molecule has 1 N–H and O–H groups in total. The van der Waals surface area contributed by atoms with Gasteiger partial charge in [-0.25, -0.2) is 0 Å². The number of hydrogen-bond acceptors (Lipinski definition) is 3. The van der Waals surface area contributed by atoms with E-state index in [2.05, 4.69) is 10.3 Å². The minimum atomic E-state index is -0.247. The fraction of sp³-hybridized carbons (Fsp3) is 0. The zero-order chi connectivity index (χ0) is 14.7. The number of carbonyl (C=O) groups is 1. The van der Waals surface area contributed by atoms with Crippen molar-refractivity contribution in [3.05, 3.63) is 71.9 Å². The third-order valence-corrected chi connectivity index (χ3v) is 3.10. The molecule has 0 saturated heterocycles. The van der Waals surface area contributed by atoms with Crippen LogP contribution in [-0.2, 0) is 0 Å². The standard InChI is InChI=1S/C17H11N3O/c18-10-12-4-3-6-15(8-12)20-17(21)14-9-13-5-1-2-7-16(13)19-11-14/h1-9,11H,(H,20,21). The van der Waals surface area contributed by atoms with Crippen LogP contribution in [0.4, 0.5) is 5.69 Å². The third kappa shape index (κ3) is 2.72. The normalized spacial score (nSPS) is 10.0. The van der Waals surface area contributed by atoms with Crippen molar-refractivity contribution in [2.24, 2.45) is 0 Å². The Bertz CT molecular complexity index is 865. The molecule has 0 bridgehead atoms. The molecular weight excluding hydrogens is 262 g/mol. The molecule has 3 aromatic rings. The van der Waals surface area contributed by atoms with E-state index in [1.807, 2.05) is 30.3 Å². The zero-order valence-corrected chi connectivity index (χ0v) is 11.1. The van der Waals surface area contributed by atoms with Crippen LogP contribution >= 0.6 is 0 Å². The maximum Gasteiger partial charge on any atom is 0.257 e. The summed E-state index contributed by atoms with van der Waals surface area (Å²) < 4.78 is 0. The van der Waals surface area contributed by atoms with Crippen LogP contribution in [0.1, 0.15) is 15.9 Å². The molecular formula is C17H11N3O. The van der Waals surface area contributed by atoms with E-state index in [0.717, 1.165) is 10.9 Å². The molecule has 3 rings (SSSR count). The molecule has 0 atom stereocenters. The van der Waals surface area contributed by atoms with Crippen molar-refractivity contribution in [2.45, 2.75) is 0 Å². The van der Waals surface area contributed by atoms with Crippen molar-refractivity contribution in [1.82, 2.24) is 4.98 Å². The number of carbonyl (C=O) groups excluding carboxylic acids is 1. The van der Waals surface area contributed by atoms with Gasteiger partial charge in [0.25, 0.3) is 5.91 Å². The van der Waals surface area contributed by atoms with E-state index in [0.29, 0.717) is 16.8 Å². The Hall–Kier alpha value is -3.19. The highest BCUT2D eigenvalue weighted by Crippen LogP contribution is 2.15. The number of nitrogens with zero attached hydrogens (tertiary/aromatic N) is 2. The molecule has 0 fully saturated rings. The lowest BCUT2D eigenvalue weighted by molar-refractivity contribution is 0.102. The van der Waals surface area contributed by atoms with Crippen molar-refractivity contribution in [3.63, 3.8) is 0 Å². The first kappa shape index (κ1) is 12.8. The van der Waals surface area contributed by atoms with Gasteiger partial charge in [-0.2, -0.15) is 5.26 Å². The van der Waals surface area contributed by atoms with Gasteiger partial charge in [0.2, 0.25) is 0 Å². The van der Waals surface area contributed by atoms with Gasteiger partial charge in [0.1, 0.15) is 0 Å². The van der Waals surface area contributed by atoms with Crippen molar-refractivity contribution < 1.29 is 4.79 Å². The molecule has 0 spiro atoms. The van der Waals surface area contributed by atoms with E-state index in [9.17, 15) is 4.79 Å². The Labute approximate surface area is 121 Å². The average Bonchev–Trinajstić information content (AvgIpc) is 2.54. The first-order valence-electron chi connectivity index (χ1n) is 6.42. The Morgan fingerprint density at radius 1 is 1.10 bits per heavy atom. The second kappa shape index (κ2) is 5.43. The van der Waals surface area contributed by atoms with Crippen LogP contribution in [-0.4, -0.2) is 10.9 Å². The summed E-state index contributed by atoms with van der Waals surface area (Å²) in [5.41, 5.74) is 2.42. The van der Waals surface area contributed by atoms with Crippen molar-refractivity contribution in [1.29, 1.82) is 5.26 Å². The van der Waals surface area contributed by atoms with E-state index in [-0.39, 0.29) is 5.91 Å². The first-order chi connectivity index (χ1) is 10.3. The molecule has 1 aromatic heterocycles. The van der Waals surface area contributed by atoms with Gasteiger partial charge in [0.05, 0.1) is 22.7 Å². The van der Waals surface area contributed by atoms with Gasteiger partial charge in [-0.05, 0) is 30.3 Å². The molecule has 2 aromatic carbocycles. The summed E-state index contributed by atoms with van der Waals surface area (Å²) in [6, 6.07) is 18.2. The molecule has 0 aliphatic rings. The highest BCUT2D eigenvalue weighted by molar-refractivity contribution is 6.05. The predicted octanol–water partition coefficient (Wildman–Crippen LogP) is 3.36. The third-order valence-electron chi connectivity index (χ3n) is 3.10. The molecule has 21 heavy (non-hydrogen) atoms. The minimum absolute atomic E-state index is 0.247. The second-order valence-electron chi connectivity index (χ2n) is 4.56. The lowest BCUT2D eigenvalue weighted by atomic mass is 10.1. The smallest absolute Gasteiger partial charge is 0.257 e. The number of anilines is 1. The molecule has 1 amide bonds. The van der Waals surface area contributed by atoms with Crippen LogP contribution in [0.5, 0.6) is 0 Å². The van der Waals surface area contributed by atoms with Gasteiger partial charge < -0.3 is 5.32 Å². The zero-order valence-electron chi connectivity index (χ0n) is 11.1. The van der Waals surface area contributed by atoms with E-state index < -0.39 is 0 Å². The topological polar surface area (TPSA) is 65.8 Å². The number of para-hydroxylation sites is 1. The molecule has 0 radical (unpaired) electrons. The number of nitrogens with one attached hydrogen (secondary N) is 1. The Kier molecular flexibility index (Phi) is 3.32. The fourth-order valence-electron chi connectivity index (χ4n) is 2.06.